The average molecular weight is 711 g/mol. The van der Waals surface area contributed by atoms with Crippen molar-refractivity contribution in [3.05, 3.63) is 112 Å². The molecule has 8 nitrogen and oxygen atoms in total. The highest BCUT2D eigenvalue weighted by Gasteiger charge is 2.38. The maximum atomic E-state index is 13.5. The molecule has 2 atom stereocenters. The molecule has 0 radical (unpaired) electrons. The van der Waals surface area contributed by atoms with Crippen molar-refractivity contribution in [1.82, 2.24) is 15.5 Å². The summed E-state index contributed by atoms with van der Waals surface area (Å²) in [5, 5.41) is 14.6. The number of carbonyl (C=O) groups excluding carboxylic acids is 2. The number of hydrogen-bond donors (Lipinski definition) is 3. The molecule has 0 bridgehead atoms. The molecular formula is C38H42ClF3N4O4. The van der Waals surface area contributed by atoms with E-state index in [0.29, 0.717) is 37.4 Å². The normalized spacial score (nSPS) is 18.4. The Morgan fingerprint density at radius 1 is 0.940 bits per heavy atom. The molecule has 12 heteroatoms. The first kappa shape index (κ1) is 36.9. The standard InChI is InChI=1S/C36H41ClN4O2.C2HF3O2/c37-31-14-12-26(13-15-31)21-32(39-36(43)33-23-28-7-1-2-8-29(28)24-38-33)22-27-16-19-40(20-17-27)34-10-4-3-9-30(34)25-41-18-6-5-11-35(41)42;3-2(4,5)1(6)7/h1-4,7-10,12-15,22,32-33,38H,5-6,11,16-21,23-25H2,(H,39,43);(H,6,7)/t32-,33+;/m0./s1. The second-order valence-corrected chi connectivity index (χ2v) is 13.3. The van der Waals surface area contributed by atoms with Gasteiger partial charge in [-0.2, -0.15) is 13.2 Å². The number of aliphatic carboxylic acids is 1. The van der Waals surface area contributed by atoms with Crippen molar-refractivity contribution in [2.45, 2.75) is 76.3 Å². The lowest BCUT2D eigenvalue weighted by molar-refractivity contribution is -0.192. The lowest BCUT2D eigenvalue weighted by Gasteiger charge is -2.34. The molecule has 0 aromatic heterocycles. The number of carboxylic acids is 1. The third-order valence-electron chi connectivity index (χ3n) is 9.29. The van der Waals surface area contributed by atoms with Crippen molar-refractivity contribution in [3.63, 3.8) is 0 Å². The largest absolute Gasteiger partial charge is 0.490 e. The fraction of sp³-hybridized carbons (Fsp3) is 0.395. The van der Waals surface area contributed by atoms with Crippen LogP contribution in [0.15, 0.2) is 84.4 Å². The zero-order valence-corrected chi connectivity index (χ0v) is 28.5. The third kappa shape index (κ3) is 10.3. The van der Waals surface area contributed by atoms with Gasteiger partial charge >= 0.3 is 12.1 Å². The quantitative estimate of drug-likeness (QED) is 0.232. The van der Waals surface area contributed by atoms with Crippen LogP contribution in [-0.2, 0) is 40.3 Å². The molecular weight excluding hydrogens is 669 g/mol. The molecule has 2 amide bonds. The van der Waals surface area contributed by atoms with E-state index in [0.717, 1.165) is 50.9 Å². The number of anilines is 1. The monoisotopic (exact) mass is 710 g/mol. The number of carbonyl (C=O) groups is 3. The molecule has 3 aliphatic rings. The first-order valence-electron chi connectivity index (χ1n) is 16.9. The molecule has 6 rings (SSSR count). The van der Waals surface area contributed by atoms with Gasteiger partial charge in [0.15, 0.2) is 0 Å². The van der Waals surface area contributed by atoms with Crippen molar-refractivity contribution in [2.75, 3.05) is 24.5 Å². The van der Waals surface area contributed by atoms with Gasteiger partial charge in [0.25, 0.3) is 0 Å². The lowest BCUT2D eigenvalue weighted by Crippen LogP contribution is -2.50. The highest BCUT2D eigenvalue weighted by atomic mass is 35.5. The molecule has 3 heterocycles. The van der Waals surface area contributed by atoms with Crippen molar-refractivity contribution in [3.8, 4) is 0 Å². The second kappa shape index (κ2) is 17.0. The number of benzene rings is 3. The minimum atomic E-state index is -5.08. The Kier molecular flexibility index (Phi) is 12.6. The molecule has 0 aliphatic carbocycles. The Bertz CT molecular complexity index is 1670. The van der Waals surface area contributed by atoms with E-state index in [1.807, 2.05) is 35.2 Å². The van der Waals surface area contributed by atoms with Crippen LogP contribution in [-0.4, -0.2) is 65.7 Å². The summed E-state index contributed by atoms with van der Waals surface area (Å²) in [4.78, 5) is 39.3. The number of rotatable bonds is 8. The van der Waals surface area contributed by atoms with Crippen LogP contribution in [0.4, 0.5) is 18.9 Å². The first-order valence-corrected chi connectivity index (χ1v) is 17.3. The number of fused-ring (bicyclic) bond motifs is 1. The summed E-state index contributed by atoms with van der Waals surface area (Å²) in [6.07, 6.45) is 3.26. The van der Waals surface area contributed by atoms with E-state index in [9.17, 15) is 22.8 Å². The molecule has 266 valence electrons. The van der Waals surface area contributed by atoms with Crippen LogP contribution in [0.25, 0.3) is 0 Å². The van der Waals surface area contributed by atoms with E-state index < -0.39 is 12.1 Å². The van der Waals surface area contributed by atoms with Crippen LogP contribution in [0.2, 0.25) is 5.02 Å². The number of para-hydroxylation sites is 1. The molecule has 0 saturated carbocycles. The summed E-state index contributed by atoms with van der Waals surface area (Å²) in [6.45, 7) is 4.08. The average Bonchev–Trinajstić information content (AvgIpc) is 3.10. The van der Waals surface area contributed by atoms with E-state index in [1.165, 1.54) is 28.0 Å². The van der Waals surface area contributed by atoms with Crippen LogP contribution < -0.4 is 15.5 Å². The van der Waals surface area contributed by atoms with E-state index in [2.05, 4.69) is 64.1 Å². The summed E-state index contributed by atoms with van der Waals surface area (Å²) >= 11 is 6.15. The fourth-order valence-corrected chi connectivity index (χ4v) is 6.75. The number of carboxylic acid groups (broad SMARTS) is 1. The molecule has 0 unspecified atom stereocenters. The van der Waals surface area contributed by atoms with Gasteiger partial charge in [0.2, 0.25) is 11.8 Å². The van der Waals surface area contributed by atoms with Crippen molar-refractivity contribution >= 4 is 35.1 Å². The zero-order chi connectivity index (χ0) is 35.7. The molecule has 2 fully saturated rings. The van der Waals surface area contributed by atoms with Gasteiger partial charge < -0.3 is 25.5 Å². The van der Waals surface area contributed by atoms with E-state index in [1.54, 1.807) is 0 Å². The van der Waals surface area contributed by atoms with E-state index in [-0.39, 0.29) is 23.9 Å². The molecule has 50 heavy (non-hydrogen) atoms. The fourth-order valence-electron chi connectivity index (χ4n) is 6.62. The number of halogens is 4. The number of nitrogens with one attached hydrogen (secondary N) is 2. The van der Waals surface area contributed by atoms with Gasteiger partial charge in [0, 0.05) is 49.9 Å². The SMILES string of the molecule is O=C(N[C@H](C=C1CCN(c2ccccc2CN2CCCCC2=O)CC1)Cc1ccc(Cl)cc1)[C@H]1Cc2ccccc2CN1.O=C(O)C(F)(F)F. The number of alkyl halides is 3. The Hall–Kier alpha value is -4.35. The Labute approximate surface area is 295 Å². The molecule has 3 N–H and O–H groups in total. The highest BCUT2D eigenvalue weighted by Crippen LogP contribution is 2.29. The van der Waals surface area contributed by atoms with Gasteiger partial charge in [-0.15, -0.1) is 0 Å². The van der Waals surface area contributed by atoms with Gasteiger partial charge in [-0.1, -0.05) is 77.8 Å². The molecule has 3 aromatic carbocycles. The summed E-state index contributed by atoms with van der Waals surface area (Å²) < 4.78 is 31.7. The lowest BCUT2D eigenvalue weighted by atomic mass is 9.94. The Morgan fingerprint density at radius 2 is 1.60 bits per heavy atom. The summed E-state index contributed by atoms with van der Waals surface area (Å²) in [6, 6.07) is 24.4. The first-order chi connectivity index (χ1) is 24.0. The zero-order valence-electron chi connectivity index (χ0n) is 27.7. The Balaban J connectivity index is 0.000000630. The van der Waals surface area contributed by atoms with Gasteiger partial charge in [-0.25, -0.2) is 4.79 Å². The maximum absolute atomic E-state index is 13.5. The third-order valence-corrected chi connectivity index (χ3v) is 9.55. The van der Waals surface area contributed by atoms with Crippen LogP contribution in [0.1, 0.15) is 54.4 Å². The number of likely N-dealkylation sites (tertiary alicyclic amines) is 1. The van der Waals surface area contributed by atoms with Crippen molar-refractivity contribution in [2.24, 2.45) is 0 Å². The van der Waals surface area contributed by atoms with E-state index in [4.69, 9.17) is 21.5 Å². The number of hydrogen-bond acceptors (Lipinski definition) is 5. The maximum Gasteiger partial charge on any atom is 0.490 e. The molecule has 3 aliphatic heterocycles. The number of piperidine rings is 2. The minimum absolute atomic E-state index is 0.0453. The molecule has 0 spiro atoms. The van der Waals surface area contributed by atoms with Gasteiger partial charge in [0.1, 0.15) is 0 Å². The van der Waals surface area contributed by atoms with Crippen molar-refractivity contribution in [1.29, 1.82) is 0 Å². The van der Waals surface area contributed by atoms with Crippen LogP contribution in [0, 0.1) is 0 Å². The summed E-state index contributed by atoms with van der Waals surface area (Å²) in [7, 11) is 0. The molecule has 2 saturated heterocycles. The minimum Gasteiger partial charge on any atom is -0.475 e. The predicted octanol–water partition coefficient (Wildman–Crippen LogP) is 6.45. The highest BCUT2D eigenvalue weighted by molar-refractivity contribution is 6.30. The summed E-state index contributed by atoms with van der Waals surface area (Å²) in [5.41, 5.74) is 7.48. The van der Waals surface area contributed by atoms with Gasteiger partial charge in [0.05, 0.1) is 12.1 Å². The van der Waals surface area contributed by atoms with Gasteiger partial charge in [-0.3, -0.25) is 9.59 Å². The van der Waals surface area contributed by atoms with E-state index >= 15 is 0 Å². The van der Waals surface area contributed by atoms with Crippen LogP contribution in [0.5, 0.6) is 0 Å². The molecule has 3 aromatic rings. The second-order valence-electron chi connectivity index (χ2n) is 12.9. The number of amides is 2. The topological polar surface area (TPSA) is 102 Å². The smallest absolute Gasteiger partial charge is 0.475 e. The number of nitrogens with zero attached hydrogens (tertiary/aromatic N) is 2. The Morgan fingerprint density at radius 3 is 2.28 bits per heavy atom. The van der Waals surface area contributed by atoms with Crippen LogP contribution in [0.3, 0.4) is 0 Å². The predicted molar refractivity (Wildman–Crippen MR) is 187 cm³/mol. The van der Waals surface area contributed by atoms with Gasteiger partial charge in [-0.05, 0) is 79.0 Å². The van der Waals surface area contributed by atoms with Crippen molar-refractivity contribution < 1.29 is 32.7 Å². The summed E-state index contributed by atoms with van der Waals surface area (Å²) in [5.74, 6) is -2.44. The van der Waals surface area contributed by atoms with Crippen LogP contribution >= 0.6 is 11.6 Å².